The van der Waals surface area contributed by atoms with E-state index in [1.165, 1.54) is 0 Å². The lowest BCUT2D eigenvalue weighted by atomic mass is 10.0. The van der Waals surface area contributed by atoms with E-state index in [-0.39, 0.29) is 6.04 Å². The fraction of sp³-hybridized carbons (Fsp3) is 0.455. The summed E-state index contributed by atoms with van der Waals surface area (Å²) in [6.07, 6.45) is 0. The molecule has 0 aliphatic rings. The number of nitrogens with two attached hydrogens (primary N) is 1. The lowest BCUT2D eigenvalue weighted by molar-refractivity contribution is 0.408. The Balaban J connectivity index is 3.20. The minimum Gasteiger partial charge on any atom is -0.496 e. The van der Waals surface area contributed by atoms with Crippen LogP contribution in [0.4, 0.5) is 0 Å². The van der Waals surface area contributed by atoms with Gasteiger partial charge in [-0.3, -0.25) is 0 Å². The Morgan fingerprint density at radius 3 is 2.00 bits per heavy atom. The van der Waals surface area contributed by atoms with Gasteiger partial charge in [0.05, 0.1) is 7.11 Å². The fourth-order valence-corrected chi connectivity index (χ4v) is 1.57. The minimum absolute atomic E-state index is 0.0864. The molecule has 72 valence electrons. The van der Waals surface area contributed by atoms with Crippen molar-refractivity contribution in [2.75, 3.05) is 7.11 Å². The monoisotopic (exact) mass is 179 g/mol. The van der Waals surface area contributed by atoms with Crippen LogP contribution >= 0.6 is 0 Å². The molecular weight excluding hydrogens is 162 g/mol. The van der Waals surface area contributed by atoms with Crippen molar-refractivity contribution in [3.63, 3.8) is 0 Å². The smallest absolute Gasteiger partial charge is 0.124 e. The molecule has 0 radical (unpaired) electrons. The lowest BCUT2D eigenvalue weighted by Gasteiger charge is -2.13. The molecule has 13 heavy (non-hydrogen) atoms. The molecule has 0 saturated carbocycles. The van der Waals surface area contributed by atoms with Gasteiger partial charge >= 0.3 is 0 Å². The molecule has 2 N–H and O–H groups in total. The maximum Gasteiger partial charge on any atom is 0.124 e. The van der Waals surface area contributed by atoms with Crippen molar-refractivity contribution in [3.8, 4) is 5.75 Å². The molecule has 0 heterocycles. The normalized spacial score (nSPS) is 12.7. The van der Waals surface area contributed by atoms with Crippen LogP contribution in [0.3, 0.4) is 0 Å². The Hall–Kier alpha value is -1.02. The van der Waals surface area contributed by atoms with Crippen molar-refractivity contribution in [2.45, 2.75) is 26.8 Å². The Morgan fingerprint density at radius 2 is 1.69 bits per heavy atom. The molecule has 0 amide bonds. The molecule has 0 aromatic heterocycles. The van der Waals surface area contributed by atoms with Gasteiger partial charge in [0.1, 0.15) is 5.75 Å². The van der Waals surface area contributed by atoms with Gasteiger partial charge in [0.15, 0.2) is 0 Å². The molecule has 0 saturated heterocycles. The number of aryl methyl sites for hydroxylation is 2. The highest BCUT2D eigenvalue weighted by Crippen LogP contribution is 2.26. The van der Waals surface area contributed by atoms with E-state index in [0.29, 0.717) is 0 Å². The van der Waals surface area contributed by atoms with Crippen molar-refractivity contribution in [1.29, 1.82) is 0 Å². The van der Waals surface area contributed by atoms with Gasteiger partial charge < -0.3 is 10.5 Å². The highest BCUT2D eigenvalue weighted by molar-refractivity contribution is 5.43. The van der Waals surface area contributed by atoms with Crippen molar-refractivity contribution in [2.24, 2.45) is 5.73 Å². The van der Waals surface area contributed by atoms with E-state index in [0.717, 1.165) is 22.4 Å². The number of methoxy groups -OCH3 is 1. The second kappa shape index (κ2) is 3.79. The standard InChI is InChI=1S/C11H17NO/c1-7-5-10(9(3)12)6-8(2)11(7)13-4/h5-6,9H,12H2,1-4H3. The molecule has 1 atom stereocenters. The Morgan fingerprint density at radius 1 is 1.23 bits per heavy atom. The van der Waals surface area contributed by atoms with Gasteiger partial charge in [0, 0.05) is 6.04 Å². The van der Waals surface area contributed by atoms with E-state index in [4.69, 9.17) is 10.5 Å². The third-order valence-corrected chi connectivity index (χ3v) is 2.21. The van der Waals surface area contributed by atoms with Gasteiger partial charge in [-0.05, 0) is 37.5 Å². The van der Waals surface area contributed by atoms with Crippen LogP contribution in [0.25, 0.3) is 0 Å². The Kier molecular flexibility index (Phi) is 2.94. The SMILES string of the molecule is COc1c(C)cc(C(C)N)cc1C. The molecule has 1 unspecified atom stereocenters. The molecular formula is C11H17NO. The average Bonchev–Trinajstić information content (AvgIpc) is 2.03. The van der Waals surface area contributed by atoms with Crippen LogP contribution in [-0.2, 0) is 0 Å². The van der Waals surface area contributed by atoms with Crippen LogP contribution in [0.1, 0.15) is 29.7 Å². The second-order valence-electron chi connectivity index (χ2n) is 3.48. The van der Waals surface area contributed by atoms with E-state index in [1.807, 2.05) is 20.8 Å². The Bertz CT molecular complexity index is 282. The molecule has 1 aromatic rings. The van der Waals surface area contributed by atoms with Gasteiger partial charge in [-0.25, -0.2) is 0 Å². The van der Waals surface area contributed by atoms with Crippen LogP contribution in [0.2, 0.25) is 0 Å². The van der Waals surface area contributed by atoms with Crippen LogP contribution in [0.15, 0.2) is 12.1 Å². The second-order valence-corrected chi connectivity index (χ2v) is 3.48. The summed E-state index contributed by atoms with van der Waals surface area (Å²) < 4.78 is 5.27. The van der Waals surface area contributed by atoms with Crippen molar-refractivity contribution in [1.82, 2.24) is 0 Å². The number of benzene rings is 1. The van der Waals surface area contributed by atoms with E-state index in [2.05, 4.69) is 12.1 Å². The maximum absolute atomic E-state index is 5.80. The van der Waals surface area contributed by atoms with Gasteiger partial charge in [0.25, 0.3) is 0 Å². The van der Waals surface area contributed by atoms with Gasteiger partial charge in [-0.2, -0.15) is 0 Å². The predicted molar refractivity (Wildman–Crippen MR) is 55.1 cm³/mol. The summed E-state index contributed by atoms with van der Waals surface area (Å²) in [6.45, 7) is 6.07. The number of ether oxygens (including phenoxy) is 1. The molecule has 2 nitrogen and oxygen atoms in total. The summed E-state index contributed by atoms with van der Waals surface area (Å²) in [5, 5.41) is 0. The highest BCUT2D eigenvalue weighted by atomic mass is 16.5. The molecule has 0 aliphatic heterocycles. The largest absolute Gasteiger partial charge is 0.496 e. The van der Waals surface area contributed by atoms with Gasteiger partial charge in [-0.1, -0.05) is 12.1 Å². The fourth-order valence-electron chi connectivity index (χ4n) is 1.57. The zero-order valence-electron chi connectivity index (χ0n) is 8.72. The summed E-state index contributed by atoms with van der Waals surface area (Å²) in [7, 11) is 1.70. The maximum atomic E-state index is 5.80. The predicted octanol–water partition coefficient (Wildman–Crippen LogP) is 2.33. The highest BCUT2D eigenvalue weighted by Gasteiger charge is 2.06. The molecule has 0 aliphatic carbocycles. The minimum atomic E-state index is 0.0864. The number of hydrogen-bond donors (Lipinski definition) is 1. The van der Waals surface area contributed by atoms with Crippen molar-refractivity contribution < 1.29 is 4.74 Å². The van der Waals surface area contributed by atoms with Gasteiger partial charge in [-0.15, -0.1) is 0 Å². The first kappa shape index (κ1) is 10.1. The third kappa shape index (κ3) is 2.01. The first-order chi connectivity index (χ1) is 6.06. The summed E-state index contributed by atoms with van der Waals surface area (Å²) in [5.74, 6) is 0.962. The first-order valence-electron chi connectivity index (χ1n) is 4.47. The zero-order valence-corrected chi connectivity index (χ0v) is 8.72. The molecule has 1 rings (SSSR count). The lowest BCUT2D eigenvalue weighted by Crippen LogP contribution is -2.06. The Labute approximate surface area is 79.7 Å². The quantitative estimate of drug-likeness (QED) is 0.756. The summed E-state index contributed by atoms with van der Waals surface area (Å²) in [5.41, 5.74) is 9.26. The van der Waals surface area contributed by atoms with Crippen molar-refractivity contribution in [3.05, 3.63) is 28.8 Å². The van der Waals surface area contributed by atoms with Gasteiger partial charge in [0.2, 0.25) is 0 Å². The van der Waals surface area contributed by atoms with Crippen LogP contribution in [0.5, 0.6) is 5.75 Å². The third-order valence-electron chi connectivity index (χ3n) is 2.21. The summed E-state index contributed by atoms with van der Waals surface area (Å²) in [4.78, 5) is 0. The topological polar surface area (TPSA) is 35.2 Å². The van der Waals surface area contributed by atoms with E-state index >= 15 is 0 Å². The van der Waals surface area contributed by atoms with Crippen LogP contribution in [-0.4, -0.2) is 7.11 Å². The summed E-state index contributed by atoms with van der Waals surface area (Å²) >= 11 is 0. The number of hydrogen-bond acceptors (Lipinski definition) is 2. The molecule has 2 heteroatoms. The zero-order chi connectivity index (χ0) is 10.0. The summed E-state index contributed by atoms with van der Waals surface area (Å²) in [6, 6.07) is 4.25. The van der Waals surface area contributed by atoms with E-state index < -0.39 is 0 Å². The first-order valence-corrected chi connectivity index (χ1v) is 4.47. The molecule has 0 bridgehead atoms. The van der Waals surface area contributed by atoms with Crippen molar-refractivity contribution >= 4 is 0 Å². The average molecular weight is 179 g/mol. The number of rotatable bonds is 2. The van der Waals surface area contributed by atoms with Crippen LogP contribution in [0, 0.1) is 13.8 Å². The molecule has 0 fully saturated rings. The van der Waals surface area contributed by atoms with Crippen LogP contribution < -0.4 is 10.5 Å². The van der Waals surface area contributed by atoms with E-state index in [9.17, 15) is 0 Å². The van der Waals surface area contributed by atoms with E-state index in [1.54, 1.807) is 7.11 Å². The molecule has 0 spiro atoms. The molecule has 1 aromatic carbocycles.